The molecule has 0 heterocycles. The Bertz CT molecular complexity index is 617. The lowest BCUT2D eigenvalue weighted by molar-refractivity contribution is -0.141. The first-order chi connectivity index (χ1) is 9.61. The molecule has 0 aliphatic carbocycles. The van der Waals surface area contributed by atoms with E-state index in [9.17, 15) is 17.6 Å². The standard InChI is InChI=1S/C14H20FNO4S/c1-9(2)16(8-13(17)20-5)21(18,19)14-10(3)6-12(15)7-11(14)4/h6-7,9H,8H2,1-5H3. The SMILES string of the molecule is COC(=O)CN(C(C)C)S(=O)(=O)c1c(C)cc(F)cc1C. The second-order valence-electron chi connectivity index (χ2n) is 5.09. The number of ether oxygens (including phenoxy) is 1. The van der Waals surface area contributed by atoms with E-state index in [-0.39, 0.29) is 11.4 Å². The maximum atomic E-state index is 13.3. The number of carbonyl (C=O) groups excluding carboxylic acids is 1. The van der Waals surface area contributed by atoms with Crippen LogP contribution in [0.2, 0.25) is 0 Å². The number of aryl methyl sites for hydroxylation is 2. The summed E-state index contributed by atoms with van der Waals surface area (Å²) in [5.74, 6) is -1.14. The van der Waals surface area contributed by atoms with Crippen molar-refractivity contribution in [2.24, 2.45) is 0 Å². The molecule has 118 valence electrons. The molecule has 21 heavy (non-hydrogen) atoms. The number of nitrogens with zero attached hydrogens (tertiary/aromatic N) is 1. The Kier molecular flexibility index (Phi) is 5.47. The molecule has 0 bridgehead atoms. The molecule has 1 aromatic rings. The van der Waals surface area contributed by atoms with Crippen LogP contribution in [0.1, 0.15) is 25.0 Å². The molecule has 0 aliphatic rings. The molecule has 0 aromatic heterocycles. The number of methoxy groups -OCH3 is 1. The van der Waals surface area contributed by atoms with Gasteiger partial charge in [-0.25, -0.2) is 12.8 Å². The van der Waals surface area contributed by atoms with E-state index in [0.29, 0.717) is 11.1 Å². The average Bonchev–Trinajstić information content (AvgIpc) is 2.33. The van der Waals surface area contributed by atoms with Gasteiger partial charge in [-0.3, -0.25) is 4.79 Å². The Morgan fingerprint density at radius 3 is 2.14 bits per heavy atom. The number of hydrogen-bond acceptors (Lipinski definition) is 4. The summed E-state index contributed by atoms with van der Waals surface area (Å²) in [7, 11) is -2.72. The van der Waals surface area contributed by atoms with Crippen molar-refractivity contribution in [2.45, 2.75) is 38.6 Å². The largest absolute Gasteiger partial charge is 0.468 e. The number of rotatable bonds is 5. The van der Waals surface area contributed by atoms with Gasteiger partial charge in [0.25, 0.3) is 0 Å². The van der Waals surface area contributed by atoms with Gasteiger partial charge < -0.3 is 4.74 Å². The van der Waals surface area contributed by atoms with E-state index >= 15 is 0 Å². The van der Waals surface area contributed by atoms with Crippen LogP contribution in [0.25, 0.3) is 0 Å². The van der Waals surface area contributed by atoms with Crippen molar-refractivity contribution in [3.8, 4) is 0 Å². The third-order valence-electron chi connectivity index (χ3n) is 3.08. The van der Waals surface area contributed by atoms with Gasteiger partial charge in [0.05, 0.1) is 12.0 Å². The molecule has 5 nitrogen and oxygen atoms in total. The van der Waals surface area contributed by atoms with Gasteiger partial charge in [-0.1, -0.05) is 0 Å². The number of carbonyl (C=O) groups is 1. The van der Waals surface area contributed by atoms with Gasteiger partial charge in [0.1, 0.15) is 12.4 Å². The molecule has 0 aliphatic heterocycles. The van der Waals surface area contributed by atoms with Crippen LogP contribution in [-0.4, -0.2) is 38.4 Å². The minimum atomic E-state index is -3.92. The number of sulfonamides is 1. The second-order valence-corrected chi connectivity index (χ2v) is 6.92. The average molecular weight is 317 g/mol. The summed E-state index contributed by atoms with van der Waals surface area (Å²) in [6, 6.07) is 1.89. The summed E-state index contributed by atoms with van der Waals surface area (Å²) < 4.78 is 44.5. The Labute approximate surface area is 124 Å². The molecular formula is C14H20FNO4S. The van der Waals surface area contributed by atoms with E-state index in [1.54, 1.807) is 13.8 Å². The maximum Gasteiger partial charge on any atom is 0.321 e. The molecule has 1 rings (SSSR count). The summed E-state index contributed by atoms with van der Waals surface area (Å²) in [6.07, 6.45) is 0. The quantitative estimate of drug-likeness (QED) is 0.779. The fraction of sp³-hybridized carbons (Fsp3) is 0.500. The molecule has 0 spiro atoms. The Hall–Kier alpha value is -1.47. The lowest BCUT2D eigenvalue weighted by atomic mass is 10.1. The van der Waals surface area contributed by atoms with Crippen molar-refractivity contribution < 1.29 is 22.3 Å². The fourth-order valence-corrected chi connectivity index (χ4v) is 4.16. The smallest absolute Gasteiger partial charge is 0.321 e. The van der Waals surface area contributed by atoms with Gasteiger partial charge >= 0.3 is 5.97 Å². The van der Waals surface area contributed by atoms with E-state index in [2.05, 4.69) is 4.74 Å². The van der Waals surface area contributed by atoms with Gasteiger partial charge in [-0.05, 0) is 51.0 Å². The predicted molar refractivity (Wildman–Crippen MR) is 76.9 cm³/mol. The Morgan fingerprint density at radius 2 is 1.76 bits per heavy atom. The minimum absolute atomic E-state index is 0.0292. The van der Waals surface area contributed by atoms with Crippen LogP contribution >= 0.6 is 0 Å². The molecule has 0 N–H and O–H groups in total. The first-order valence-electron chi connectivity index (χ1n) is 6.46. The highest BCUT2D eigenvalue weighted by molar-refractivity contribution is 7.89. The van der Waals surface area contributed by atoms with Crippen molar-refractivity contribution in [3.63, 3.8) is 0 Å². The van der Waals surface area contributed by atoms with E-state index in [0.717, 1.165) is 16.4 Å². The van der Waals surface area contributed by atoms with Crippen molar-refractivity contribution in [3.05, 3.63) is 29.1 Å². The highest BCUT2D eigenvalue weighted by Gasteiger charge is 2.32. The minimum Gasteiger partial charge on any atom is -0.468 e. The molecule has 0 amide bonds. The highest BCUT2D eigenvalue weighted by Crippen LogP contribution is 2.26. The van der Waals surface area contributed by atoms with E-state index in [4.69, 9.17) is 0 Å². The fourth-order valence-electron chi connectivity index (χ4n) is 2.16. The molecule has 0 unspecified atom stereocenters. The summed E-state index contributed by atoms with van der Waals surface area (Å²) in [6.45, 7) is 6.00. The van der Waals surface area contributed by atoms with E-state index in [1.807, 2.05) is 0 Å². The maximum absolute atomic E-state index is 13.3. The zero-order valence-electron chi connectivity index (χ0n) is 12.8. The molecule has 0 radical (unpaired) electrons. The van der Waals surface area contributed by atoms with Crippen LogP contribution in [0.5, 0.6) is 0 Å². The third-order valence-corrected chi connectivity index (χ3v) is 5.41. The van der Waals surface area contributed by atoms with Gasteiger partial charge in [-0.2, -0.15) is 4.31 Å². The normalized spacial score (nSPS) is 12.0. The van der Waals surface area contributed by atoms with E-state index in [1.165, 1.54) is 21.0 Å². The molecule has 0 saturated heterocycles. The molecule has 1 aromatic carbocycles. The van der Waals surface area contributed by atoms with E-state index < -0.39 is 27.9 Å². The Balaban J connectivity index is 3.40. The van der Waals surface area contributed by atoms with Gasteiger partial charge in [0.15, 0.2) is 0 Å². The molecule has 0 atom stereocenters. The van der Waals surface area contributed by atoms with Crippen LogP contribution in [0, 0.1) is 19.7 Å². The van der Waals surface area contributed by atoms with Crippen molar-refractivity contribution in [2.75, 3.05) is 13.7 Å². The van der Waals surface area contributed by atoms with Crippen LogP contribution < -0.4 is 0 Å². The summed E-state index contributed by atoms with van der Waals surface area (Å²) in [4.78, 5) is 11.5. The summed E-state index contributed by atoms with van der Waals surface area (Å²) in [5.41, 5.74) is 0.617. The first kappa shape index (κ1) is 17.6. The van der Waals surface area contributed by atoms with Gasteiger partial charge in [-0.15, -0.1) is 0 Å². The lowest BCUT2D eigenvalue weighted by Gasteiger charge is -2.26. The zero-order valence-corrected chi connectivity index (χ0v) is 13.6. The predicted octanol–water partition coefficient (Wildman–Crippen LogP) is 2.01. The summed E-state index contributed by atoms with van der Waals surface area (Å²) >= 11 is 0. The van der Waals surface area contributed by atoms with Crippen LogP contribution in [-0.2, 0) is 19.6 Å². The van der Waals surface area contributed by atoms with Gasteiger partial charge in [0, 0.05) is 6.04 Å². The number of halogens is 1. The van der Waals surface area contributed by atoms with Crippen molar-refractivity contribution in [1.82, 2.24) is 4.31 Å². The van der Waals surface area contributed by atoms with Crippen LogP contribution in [0.15, 0.2) is 17.0 Å². The number of hydrogen-bond donors (Lipinski definition) is 0. The molecule has 0 fully saturated rings. The lowest BCUT2D eigenvalue weighted by Crippen LogP contribution is -2.41. The monoisotopic (exact) mass is 317 g/mol. The molecule has 0 saturated carbocycles. The van der Waals surface area contributed by atoms with Crippen LogP contribution in [0.3, 0.4) is 0 Å². The highest BCUT2D eigenvalue weighted by atomic mass is 32.2. The number of esters is 1. The first-order valence-corrected chi connectivity index (χ1v) is 7.90. The van der Waals surface area contributed by atoms with Gasteiger partial charge in [0.2, 0.25) is 10.0 Å². The zero-order chi connectivity index (χ0) is 16.4. The molecular weight excluding hydrogens is 297 g/mol. The summed E-state index contributed by atoms with van der Waals surface area (Å²) in [5, 5.41) is 0. The molecule has 7 heteroatoms. The van der Waals surface area contributed by atoms with Crippen LogP contribution in [0.4, 0.5) is 4.39 Å². The Morgan fingerprint density at radius 1 is 1.29 bits per heavy atom. The van der Waals surface area contributed by atoms with Crippen molar-refractivity contribution in [1.29, 1.82) is 0 Å². The topological polar surface area (TPSA) is 63.7 Å². The number of benzene rings is 1. The van der Waals surface area contributed by atoms with Crippen molar-refractivity contribution >= 4 is 16.0 Å². The third kappa shape index (κ3) is 3.79. The second kappa shape index (κ2) is 6.53.